The monoisotopic (exact) mass is 508 g/mol. The van der Waals surface area contributed by atoms with Crippen LogP contribution in [0.2, 0.25) is 10.0 Å². The number of carbonyl (C=O) groups is 4. The summed E-state index contributed by atoms with van der Waals surface area (Å²) in [6, 6.07) is 4.72. The zero-order valence-corrected chi connectivity index (χ0v) is 19.7. The molecule has 0 fully saturated rings. The van der Waals surface area contributed by atoms with Crippen molar-refractivity contribution in [2.24, 2.45) is 5.92 Å². The largest absolute Gasteiger partial charge is 0.490 e. The van der Waals surface area contributed by atoms with Crippen molar-refractivity contribution in [1.82, 2.24) is 4.90 Å². The molecule has 1 aliphatic heterocycles. The normalized spacial score (nSPS) is 13.6. The van der Waals surface area contributed by atoms with Crippen molar-refractivity contribution in [3.8, 4) is 5.75 Å². The fourth-order valence-electron chi connectivity index (χ4n) is 3.49. The number of carbonyl (C=O) groups excluding carboxylic acids is 4. The maximum absolute atomic E-state index is 12.9. The smallest absolute Gasteiger partial charge is 0.330 e. The number of nitro benzene ring substituents is 1. The number of esters is 1. The molecule has 1 atom stereocenters. The van der Waals surface area contributed by atoms with Crippen LogP contribution in [-0.2, 0) is 9.53 Å². The molecule has 3 rings (SSSR count). The van der Waals surface area contributed by atoms with E-state index < -0.39 is 52.7 Å². The van der Waals surface area contributed by atoms with E-state index in [9.17, 15) is 29.3 Å². The first-order valence-electron chi connectivity index (χ1n) is 9.87. The van der Waals surface area contributed by atoms with Gasteiger partial charge in [-0.2, -0.15) is 0 Å². The molecule has 10 nitrogen and oxygen atoms in total. The Labute approximate surface area is 203 Å². The van der Waals surface area contributed by atoms with Gasteiger partial charge in [-0.1, -0.05) is 37.0 Å². The highest BCUT2D eigenvalue weighted by Gasteiger charge is 2.45. The highest BCUT2D eigenvalue weighted by atomic mass is 35.5. The predicted molar refractivity (Wildman–Crippen MR) is 121 cm³/mol. The van der Waals surface area contributed by atoms with Crippen molar-refractivity contribution in [1.29, 1.82) is 0 Å². The van der Waals surface area contributed by atoms with Crippen molar-refractivity contribution in [3.05, 3.63) is 67.2 Å². The minimum Gasteiger partial charge on any atom is -0.490 e. The lowest BCUT2D eigenvalue weighted by Crippen LogP contribution is -2.49. The maximum atomic E-state index is 12.9. The van der Waals surface area contributed by atoms with Crippen LogP contribution in [0.4, 0.5) is 5.69 Å². The van der Waals surface area contributed by atoms with Crippen LogP contribution in [-0.4, -0.2) is 53.1 Å². The first kappa shape index (κ1) is 25.1. The van der Waals surface area contributed by atoms with E-state index in [0.717, 1.165) is 11.0 Å². The lowest BCUT2D eigenvalue weighted by atomic mass is 10.0. The molecule has 34 heavy (non-hydrogen) atoms. The minimum atomic E-state index is -1.33. The SMILES string of the molecule is COc1ccc(C(=O)COC(=O)[C@H](C(C)C)N2C(=O)c3cc(Cl)c(Cl)cc3C2=O)cc1[N+](=O)[O-]. The van der Waals surface area contributed by atoms with Crippen LogP contribution >= 0.6 is 23.2 Å². The average molecular weight is 509 g/mol. The average Bonchev–Trinajstić information content (AvgIpc) is 3.01. The number of methoxy groups -OCH3 is 1. The molecule has 0 saturated carbocycles. The van der Waals surface area contributed by atoms with Gasteiger partial charge >= 0.3 is 11.7 Å². The number of benzene rings is 2. The number of ketones is 1. The Morgan fingerprint density at radius 1 is 1.06 bits per heavy atom. The fourth-order valence-corrected chi connectivity index (χ4v) is 3.82. The van der Waals surface area contributed by atoms with Gasteiger partial charge in [0.1, 0.15) is 6.04 Å². The van der Waals surface area contributed by atoms with Gasteiger partial charge in [-0.15, -0.1) is 0 Å². The van der Waals surface area contributed by atoms with Crippen LogP contribution in [0.25, 0.3) is 0 Å². The lowest BCUT2D eigenvalue weighted by molar-refractivity contribution is -0.385. The summed E-state index contributed by atoms with van der Waals surface area (Å²) in [7, 11) is 1.25. The van der Waals surface area contributed by atoms with E-state index in [2.05, 4.69) is 0 Å². The second-order valence-corrected chi connectivity index (χ2v) is 8.47. The van der Waals surface area contributed by atoms with E-state index >= 15 is 0 Å². The standard InChI is InChI=1S/C22H18Cl2N2O8/c1-10(2)19(25-20(28)12-7-14(23)15(24)8-13(12)21(25)29)22(30)34-9-17(27)11-4-5-18(33-3)16(6-11)26(31)32/h4-8,10,19H,9H2,1-3H3/t19-/m0/s1. The van der Waals surface area contributed by atoms with Gasteiger partial charge in [0.05, 0.1) is 33.2 Å². The molecule has 2 aromatic rings. The van der Waals surface area contributed by atoms with Crippen LogP contribution in [0.1, 0.15) is 44.9 Å². The Balaban J connectivity index is 1.80. The second kappa shape index (κ2) is 9.78. The van der Waals surface area contributed by atoms with Crippen molar-refractivity contribution >= 4 is 52.5 Å². The maximum Gasteiger partial charge on any atom is 0.330 e. The first-order chi connectivity index (χ1) is 16.0. The molecule has 0 radical (unpaired) electrons. The van der Waals surface area contributed by atoms with E-state index in [0.29, 0.717) is 0 Å². The molecule has 0 saturated heterocycles. The summed E-state index contributed by atoms with van der Waals surface area (Å²) in [6.45, 7) is 2.44. The molecule has 178 valence electrons. The summed E-state index contributed by atoms with van der Waals surface area (Å²) in [5, 5.41) is 11.3. The summed E-state index contributed by atoms with van der Waals surface area (Å²) in [5.41, 5.74) is -0.506. The Morgan fingerprint density at radius 2 is 1.62 bits per heavy atom. The number of nitro groups is 1. The number of amides is 2. The summed E-state index contributed by atoms with van der Waals surface area (Å²) < 4.78 is 10.00. The number of rotatable bonds is 8. The van der Waals surface area contributed by atoms with Gasteiger partial charge in [0, 0.05) is 11.6 Å². The molecule has 0 unspecified atom stereocenters. The molecule has 1 heterocycles. The molecule has 0 N–H and O–H groups in total. The third-order valence-electron chi connectivity index (χ3n) is 5.15. The summed E-state index contributed by atoms with van der Waals surface area (Å²) in [5.74, 6) is -3.79. The van der Waals surface area contributed by atoms with Crippen LogP contribution in [0.5, 0.6) is 5.75 Å². The fraction of sp³-hybridized carbons (Fsp3) is 0.273. The number of hydrogen-bond donors (Lipinski definition) is 0. The van der Waals surface area contributed by atoms with Crippen molar-refractivity contribution in [3.63, 3.8) is 0 Å². The summed E-state index contributed by atoms with van der Waals surface area (Å²) >= 11 is 11.9. The number of imide groups is 1. The van der Waals surface area contributed by atoms with E-state index in [4.69, 9.17) is 32.7 Å². The number of nitrogens with zero attached hydrogens (tertiary/aromatic N) is 2. The summed E-state index contributed by atoms with van der Waals surface area (Å²) in [4.78, 5) is 62.4. The van der Waals surface area contributed by atoms with Gasteiger partial charge in [0.25, 0.3) is 11.8 Å². The van der Waals surface area contributed by atoms with Gasteiger partial charge < -0.3 is 9.47 Å². The molecular formula is C22H18Cl2N2O8. The quantitative estimate of drug-likeness (QED) is 0.172. The van der Waals surface area contributed by atoms with Gasteiger partial charge in [0.2, 0.25) is 5.78 Å². The molecular weight excluding hydrogens is 491 g/mol. The third kappa shape index (κ3) is 4.59. The van der Waals surface area contributed by atoms with Gasteiger partial charge in [-0.3, -0.25) is 29.4 Å². The van der Waals surface area contributed by atoms with Crippen molar-refractivity contribution in [2.75, 3.05) is 13.7 Å². The Bertz CT molecular complexity index is 1190. The molecule has 0 bridgehead atoms. The molecule has 2 aromatic carbocycles. The number of fused-ring (bicyclic) bond motifs is 1. The molecule has 0 aromatic heterocycles. The third-order valence-corrected chi connectivity index (χ3v) is 5.88. The van der Waals surface area contributed by atoms with E-state index in [1.54, 1.807) is 13.8 Å². The van der Waals surface area contributed by atoms with Gasteiger partial charge in [-0.25, -0.2) is 4.79 Å². The molecule has 0 aliphatic carbocycles. The molecule has 2 amide bonds. The van der Waals surface area contributed by atoms with E-state index in [1.807, 2.05) is 0 Å². The van der Waals surface area contributed by atoms with Crippen LogP contribution in [0.15, 0.2) is 30.3 Å². The Hall–Kier alpha value is -3.50. The number of halogens is 2. The van der Waals surface area contributed by atoms with Crippen LogP contribution < -0.4 is 4.74 Å². The highest BCUT2D eigenvalue weighted by molar-refractivity contribution is 6.43. The predicted octanol–water partition coefficient (Wildman–Crippen LogP) is 3.96. The van der Waals surface area contributed by atoms with Crippen molar-refractivity contribution < 1.29 is 33.6 Å². The Morgan fingerprint density at radius 3 is 2.09 bits per heavy atom. The van der Waals surface area contributed by atoms with E-state index in [1.165, 1.54) is 31.4 Å². The second-order valence-electron chi connectivity index (χ2n) is 7.66. The van der Waals surface area contributed by atoms with Gasteiger partial charge in [-0.05, 0) is 30.2 Å². The van der Waals surface area contributed by atoms with E-state index in [-0.39, 0.29) is 32.5 Å². The zero-order chi connectivity index (χ0) is 25.3. The molecule has 0 spiro atoms. The number of ether oxygens (including phenoxy) is 2. The van der Waals surface area contributed by atoms with Crippen LogP contribution in [0, 0.1) is 16.0 Å². The summed E-state index contributed by atoms with van der Waals surface area (Å²) in [6.07, 6.45) is 0. The molecule has 12 heteroatoms. The number of Topliss-reactive ketones (excluding diaryl/α,β-unsaturated/α-hetero) is 1. The zero-order valence-electron chi connectivity index (χ0n) is 18.2. The number of hydrogen-bond acceptors (Lipinski definition) is 8. The minimum absolute atomic E-state index is 0.000492. The molecule has 1 aliphatic rings. The van der Waals surface area contributed by atoms with Crippen LogP contribution in [0.3, 0.4) is 0 Å². The highest BCUT2D eigenvalue weighted by Crippen LogP contribution is 2.34. The first-order valence-corrected chi connectivity index (χ1v) is 10.6. The van der Waals surface area contributed by atoms with Gasteiger partial charge in [0.15, 0.2) is 12.4 Å². The lowest BCUT2D eigenvalue weighted by Gasteiger charge is -2.27. The Kier molecular flexibility index (Phi) is 7.23. The topological polar surface area (TPSA) is 133 Å². The van der Waals surface area contributed by atoms with Crippen molar-refractivity contribution in [2.45, 2.75) is 19.9 Å².